The number of carboxylic acids is 3. The van der Waals surface area contributed by atoms with Gasteiger partial charge in [0, 0.05) is 51.0 Å². The predicted molar refractivity (Wildman–Crippen MR) is 116 cm³/mol. The Bertz CT molecular complexity index is 869. The van der Waals surface area contributed by atoms with E-state index in [1.165, 1.54) is 9.80 Å². The molecule has 6 N–H and O–H groups in total. The molecule has 0 radical (unpaired) electrons. The Kier molecular flexibility index (Phi) is 16.3. The van der Waals surface area contributed by atoms with Gasteiger partial charge < -0.3 is 46.9 Å². The fraction of sp³-hybridized carbons (Fsp3) is 0.476. The molecular weight excluding hydrogens is 616 g/mol. The van der Waals surface area contributed by atoms with E-state index in [0.29, 0.717) is 5.69 Å². The molecule has 1 atom stereocenters. The van der Waals surface area contributed by atoms with E-state index in [2.05, 4.69) is 0 Å². The molecule has 15 heteroatoms. The Morgan fingerprint density at radius 2 is 1.19 bits per heavy atom. The minimum absolute atomic E-state index is 0. The van der Waals surface area contributed by atoms with E-state index in [1.807, 2.05) is 0 Å². The maximum absolute atomic E-state index is 11.6. The largest absolute Gasteiger partial charge is 3.00 e. The molecule has 0 aliphatic rings. The van der Waals surface area contributed by atoms with Gasteiger partial charge in [-0.05, 0) is 24.1 Å². The molecule has 1 aromatic carbocycles. The van der Waals surface area contributed by atoms with E-state index in [1.54, 1.807) is 24.3 Å². The van der Waals surface area contributed by atoms with Crippen LogP contribution < -0.4 is 32.5 Å². The number of amides is 2. The Hall–Kier alpha value is -2.17. The number of nitrogen functional groups attached to an aromatic ring is 1. The zero-order chi connectivity index (χ0) is 26.5. The quantitative estimate of drug-likeness (QED) is 0.126. The third-order valence-corrected chi connectivity index (χ3v) is 4.94. The average Bonchev–Trinajstić information content (AvgIpc) is 2.70. The molecule has 0 bridgehead atoms. The van der Waals surface area contributed by atoms with E-state index in [-0.39, 0.29) is 75.4 Å². The van der Waals surface area contributed by atoms with Crippen molar-refractivity contribution in [3.63, 3.8) is 0 Å². The normalized spacial score (nSPS) is 11.8. The first-order valence-corrected chi connectivity index (χ1v) is 10.5. The topological polar surface area (TPSA) is 242 Å². The van der Waals surface area contributed by atoms with Gasteiger partial charge in [0.25, 0.3) is 0 Å². The number of carbonyl (C=O) groups excluding carboxylic acids is 5. The summed E-state index contributed by atoms with van der Waals surface area (Å²) < 4.78 is 0. The Balaban J connectivity index is 0.0000122. The monoisotopic (exact) mass is 646 g/mol. The molecule has 36 heavy (non-hydrogen) atoms. The van der Waals surface area contributed by atoms with Gasteiger partial charge in [-0.15, -0.1) is 0 Å². The SMILES string of the molecule is NC(=O)CN(CCN(CC(=O)[O-])CC(Cc1ccc(N)cc1)N(CC(N)=O)CC(=O)[O-])CC(=O)[O-].[Eu+3]. The fourth-order valence-electron chi connectivity index (χ4n) is 3.53. The first kappa shape index (κ1) is 33.8. The van der Waals surface area contributed by atoms with Gasteiger partial charge in [-0.2, -0.15) is 0 Å². The van der Waals surface area contributed by atoms with Gasteiger partial charge in [0.2, 0.25) is 11.8 Å². The molecule has 1 unspecified atom stereocenters. The summed E-state index contributed by atoms with van der Waals surface area (Å²) in [7, 11) is 0. The maximum Gasteiger partial charge on any atom is 3.00 e. The number of hydrogen-bond acceptors (Lipinski definition) is 12. The molecule has 0 saturated carbocycles. The number of aliphatic carboxylic acids is 3. The van der Waals surface area contributed by atoms with Crippen LogP contribution in [0.15, 0.2) is 24.3 Å². The van der Waals surface area contributed by atoms with Crippen LogP contribution in [0.4, 0.5) is 5.69 Å². The molecule has 2 amide bonds. The summed E-state index contributed by atoms with van der Waals surface area (Å²) in [5.74, 6) is -5.97. The molecule has 0 aromatic heterocycles. The summed E-state index contributed by atoms with van der Waals surface area (Å²) in [4.78, 5) is 60.3. The number of benzene rings is 1. The van der Waals surface area contributed by atoms with Gasteiger partial charge in [0.05, 0.1) is 31.0 Å². The molecule has 0 saturated heterocycles. The van der Waals surface area contributed by atoms with Crippen molar-refractivity contribution in [2.45, 2.75) is 12.5 Å². The van der Waals surface area contributed by atoms with Crippen LogP contribution in [0.25, 0.3) is 0 Å². The van der Waals surface area contributed by atoms with Crippen molar-refractivity contribution in [3.05, 3.63) is 29.8 Å². The molecule has 1 aromatic rings. The average molecular weight is 645 g/mol. The molecule has 198 valence electrons. The first-order valence-electron chi connectivity index (χ1n) is 10.5. The summed E-state index contributed by atoms with van der Waals surface area (Å²) in [6, 6.07) is 5.92. The van der Waals surface area contributed by atoms with Gasteiger partial charge in [-0.1, -0.05) is 12.1 Å². The van der Waals surface area contributed by atoms with Crippen molar-refractivity contribution in [2.24, 2.45) is 11.5 Å². The van der Waals surface area contributed by atoms with Crippen LogP contribution in [0.5, 0.6) is 0 Å². The van der Waals surface area contributed by atoms with Crippen LogP contribution >= 0.6 is 0 Å². The standard InChI is InChI=1S/C21H32N6O8.Eu/c22-15-3-1-14(2-4-15)7-16(27(10-18(24)29)13-21(34)35)8-25(11-19(30)31)5-6-26(9-17(23)28)12-20(32)33;/h1-4,16H,5-13,22H2,(H2,23,28)(H2,24,29)(H,30,31)(H,32,33)(H,34,35);/q;+3/p-3. The van der Waals surface area contributed by atoms with Crippen LogP contribution in [0.3, 0.4) is 0 Å². The van der Waals surface area contributed by atoms with E-state index in [0.717, 1.165) is 10.5 Å². The Labute approximate surface area is 248 Å². The Morgan fingerprint density at radius 3 is 1.67 bits per heavy atom. The van der Waals surface area contributed by atoms with Crippen LogP contribution in [0.2, 0.25) is 0 Å². The van der Waals surface area contributed by atoms with Gasteiger partial charge in [0.15, 0.2) is 0 Å². The number of nitrogens with two attached hydrogens (primary N) is 3. The zero-order valence-corrected chi connectivity index (χ0v) is 21.9. The molecule has 14 nitrogen and oxygen atoms in total. The van der Waals surface area contributed by atoms with Crippen molar-refractivity contribution in [3.8, 4) is 0 Å². The third-order valence-electron chi connectivity index (χ3n) is 4.94. The number of carboxylic acid groups (broad SMARTS) is 3. The number of rotatable bonds is 18. The van der Waals surface area contributed by atoms with Gasteiger partial charge in [-0.3, -0.25) is 24.3 Å². The summed E-state index contributed by atoms with van der Waals surface area (Å²) in [6.07, 6.45) is 0.189. The number of anilines is 1. The smallest absolute Gasteiger partial charge is 0.549 e. The minimum atomic E-state index is -1.47. The number of hydrogen-bond donors (Lipinski definition) is 3. The number of nitrogens with zero attached hydrogens (tertiary/aromatic N) is 3. The van der Waals surface area contributed by atoms with Crippen molar-refractivity contribution >= 4 is 35.4 Å². The van der Waals surface area contributed by atoms with Crippen molar-refractivity contribution < 1.29 is 88.7 Å². The molecule has 0 spiro atoms. The second kappa shape index (κ2) is 17.3. The summed E-state index contributed by atoms with van der Waals surface area (Å²) in [6.45, 7) is -2.91. The molecule has 0 heterocycles. The van der Waals surface area contributed by atoms with Crippen molar-refractivity contribution in [1.82, 2.24) is 14.7 Å². The van der Waals surface area contributed by atoms with Crippen molar-refractivity contribution in [2.75, 3.05) is 58.1 Å². The van der Waals surface area contributed by atoms with Crippen LogP contribution in [0, 0.1) is 49.4 Å². The molecule has 0 aliphatic heterocycles. The van der Waals surface area contributed by atoms with Gasteiger partial charge in [0.1, 0.15) is 0 Å². The van der Waals surface area contributed by atoms with Crippen LogP contribution in [0.1, 0.15) is 5.56 Å². The first-order chi connectivity index (χ1) is 16.3. The molecule has 0 aliphatic carbocycles. The van der Waals surface area contributed by atoms with Gasteiger partial charge >= 0.3 is 49.4 Å². The minimum Gasteiger partial charge on any atom is -0.549 e. The van der Waals surface area contributed by atoms with Gasteiger partial charge in [-0.25, -0.2) is 0 Å². The van der Waals surface area contributed by atoms with E-state index < -0.39 is 68.5 Å². The summed E-state index contributed by atoms with van der Waals surface area (Å²) >= 11 is 0. The van der Waals surface area contributed by atoms with Crippen LogP contribution in [-0.4, -0.2) is 103 Å². The van der Waals surface area contributed by atoms with E-state index in [9.17, 15) is 39.3 Å². The Morgan fingerprint density at radius 1 is 0.722 bits per heavy atom. The fourth-order valence-corrected chi connectivity index (χ4v) is 3.53. The second-order valence-corrected chi connectivity index (χ2v) is 8.00. The van der Waals surface area contributed by atoms with E-state index in [4.69, 9.17) is 17.2 Å². The summed E-state index contributed by atoms with van der Waals surface area (Å²) in [5.41, 5.74) is 17.3. The van der Waals surface area contributed by atoms with Crippen molar-refractivity contribution in [1.29, 1.82) is 0 Å². The molecule has 1 rings (SSSR count). The predicted octanol–water partition coefficient (Wildman–Crippen LogP) is -6.69. The molecular formula is C21H29EuN6O8. The zero-order valence-electron chi connectivity index (χ0n) is 19.5. The second-order valence-electron chi connectivity index (χ2n) is 8.00. The maximum atomic E-state index is 11.6. The number of primary amides is 2. The van der Waals surface area contributed by atoms with Crippen LogP contribution in [-0.2, 0) is 30.4 Å². The molecule has 0 fully saturated rings. The number of carbonyl (C=O) groups is 5. The third kappa shape index (κ3) is 15.1. The van der Waals surface area contributed by atoms with E-state index >= 15 is 0 Å². The summed E-state index contributed by atoms with van der Waals surface area (Å²) in [5, 5.41) is 33.7.